The Hall–Kier alpha value is -2.72. The molecule has 9 nitrogen and oxygen atoms in total. The number of anilines is 1. The predicted molar refractivity (Wildman–Crippen MR) is 95.5 cm³/mol. The van der Waals surface area contributed by atoms with Gasteiger partial charge in [0.1, 0.15) is 47.5 Å². The molecule has 1 aromatic carbocycles. The minimum absolute atomic E-state index is 0.0523. The molecule has 0 unspecified atom stereocenters. The van der Waals surface area contributed by atoms with Gasteiger partial charge in [0.25, 0.3) is 0 Å². The third-order valence-electron chi connectivity index (χ3n) is 5.06. The first-order valence-electron chi connectivity index (χ1n) is 8.41. The van der Waals surface area contributed by atoms with Crippen molar-refractivity contribution >= 4 is 16.9 Å². The van der Waals surface area contributed by atoms with Crippen molar-refractivity contribution in [1.29, 1.82) is 0 Å². The Balaban J connectivity index is 1.70. The number of aliphatic hydroxyl groups excluding tert-OH is 2. The lowest BCUT2D eigenvalue weighted by atomic mass is 9.87. The Bertz CT molecular complexity index is 972. The lowest BCUT2D eigenvalue weighted by molar-refractivity contribution is -0.135. The van der Waals surface area contributed by atoms with Crippen LogP contribution in [0.1, 0.15) is 18.7 Å². The van der Waals surface area contributed by atoms with Gasteiger partial charge in [-0.3, -0.25) is 0 Å². The second-order valence-corrected chi connectivity index (χ2v) is 6.84. The molecular formula is C18H20N4O5. The zero-order chi connectivity index (χ0) is 19.3. The number of aromatic nitrogens is 3. The first-order chi connectivity index (χ1) is 12.8. The fraction of sp³-hybridized carbons (Fsp3) is 0.333. The number of nitrogen functional groups attached to an aromatic ring is 1. The molecule has 0 aliphatic carbocycles. The summed E-state index contributed by atoms with van der Waals surface area (Å²) in [4.78, 5) is 8.09. The first kappa shape index (κ1) is 17.7. The normalized spacial score (nSPS) is 27.7. The van der Waals surface area contributed by atoms with Crippen LogP contribution >= 0.6 is 0 Å². The molecule has 9 heteroatoms. The van der Waals surface area contributed by atoms with Crippen molar-refractivity contribution in [3.8, 4) is 5.75 Å². The fourth-order valence-electron chi connectivity index (χ4n) is 3.51. The summed E-state index contributed by atoms with van der Waals surface area (Å²) < 4.78 is 7.43. The highest BCUT2D eigenvalue weighted by atomic mass is 16.6. The standard InChI is InChI=1S/C18H20N4O5/c1-18(26,9-2-4-10(23)5-3-9)14-12(24)13(25)17(27-14)22-7-6-11-15(19)20-8-21-16(11)22/h2-8,12-14,17,23-26H,1H3,(H2,19,20,21)/t12-,13+,14-,17+,18+/m0/s1. The molecule has 0 saturated carbocycles. The molecule has 0 radical (unpaired) electrons. The van der Waals surface area contributed by atoms with Crippen LogP contribution < -0.4 is 5.73 Å². The van der Waals surface area contributed by atoms with Crippen LogP contribution in [0.2, 0.25) is 0 Å². The number of fused-ring (bicyclic) bond motifs is 1. The second-order valence-electron chi connectivity index (χ2n) is 6.84. The lowest BCUT2D eigenvalue weighted by Gasteiger charge is -2.32. The Morgan fingerprint density at radius 1 is 1.11 bits per heavy atom. The summed E-state index contributed by atoms with van der Waals surface area (Å²) in [6, 6.07) is 7.61. The van der Waals surface area contributed by atoms with Crippen LogP contribution in [0.25, 0.3) is 11.0 Å². The van der Waals surface area contributed by atoms with Crippen LogP contribution in [0.5, 0.6) is 5.75 Å². The van der Waals surface area contributed by atoms with Crippen molar-refractivity contribution in [2.75, 3.05) is 5.73 Å². The highest BCUT2D eigenvalue weighted by Gasteiger charge is 2.52. The smallest absolute Gasteiger partial charge is 0.164 e. The van der Waals surface area contributed by atoms with Crippen LogP contribution in [0.15, 0.2) is 42.9 Å². The number of benzene rings is 1. The number of rotatable bonds is 3. The van der Waals surface area contributed by atoms with E-state index in [2.05, 4.69) is 9.97 Å². The zero-order valence-corrected chi connectivity index (χ0v) is 14.5. The monoisotopic (exact) mass is 372 g/mol. The van der Waals surface area contributed by atoms with E-state index in [1.54, 1.807) is 16.8 Å². The van der Waals surface area contributed by atoms with Gasteiger partial charge in [-0.05, 0) is 30.7 Å². The number of phenols is 1. The van der Waals surface area contributed by atoms with Gasteiger partial charge in [0, 0.05) is 6.20 Å². The highest BCUT2D eigenvalue weighted by Crippen LogP contribution is 2.40. The summed E-state index contributed by atoms with van der Waals surface area (Å²) in [5, 5.41) is 42.2. The van der Waals surface area contributed by atoms with Crippen LogP contribution in [-0.4, -0.2) is 53.3 Å². The lowest BCUT2D eigenvalue weighted by Crippen LogP contribution is -2.45. The Kier molecular flexibility index (Phi) is 4.04. The molecule has 4 rings (SSSR count). The molecule has 1 saturated heterocycles. The molecule has 6 N–H and O–H groups in total. The molecule has 5 atom stereocenters. The maximum Gasteiger partial charge on any atom is 0.164 e. The summed E-state index contributed by atoms with van der Waals surface area (Å²) in [7, 11) is 0. The molecule has 1 aliphatic rings. The fourth-order valence-corrected chi connectivity index (χ4v) is 3.51. The zero-order valence-electron chi connectivity index (χ0n) is 14.5. The Labute approximate surface area is 154 Å². The van der Waals surface area contributed by atoms with Crippen LogP contribution in [0, 0.1) is 0 Å². The SMILES string of the molecule is C[C@@](O)(c1ccc(O)cc1)[C@H]1O[C@@H](n2ccc3c(N)ncnc32)[C@H](O)[C@@H]1O. The van der Waals surface area contributed by atoms with E-state index in [9.17, 15) is 20.4 Å². The number of ether oxygens (including phenoxy) is 1. The van der Waals surface area contributed by atoms with Gasteiger partial charge in [-0.25, -0.2) is 9.97 Å². The third-order valence-corrected chi connectivity index (χ3v) is 5.06. The molecule has 1 fully saturated rings. The van der Waals surface area contributed by atoms with Crippen molar-refractivity contribution in [2.45, 2.75) is 37.1 Å². The van der Waals surface area contributed by atoms with Crippen LogP contribution in [0.4, 0.5) is 5.82 Å². The average molecular weight is 372 g/mol. The number of hydrogen-bond acceptors (Lipinski definition) is 8. The Morgan fingerprint density at radius 2 is 1.81 bits per heavy atom. The molecule has 3 aromatic rings. The minimum Gasteiger partial charge on any atom is -0.508 e. The molecule has 142 valence electrons. The molecule has 0 amide bonds. The largest absolute Gasteiger partial charge is 0.508 e. The van der Waals surface area contributed by atoms with E-state index in [-0.39, 0.29) is 5.75 Å². The number of aliphatic hydroxyl groups is 3. The van der Waals surface area contributed by atoms with Gasteiger partial charge in [-0.1, -0.05) is 12.1 Å². The molecule has 3 heterocycles. The number of hydrogen-bond donors (Lipinski definition) is 5. The number of aromatic hydroxyl groups is 1. The summed E-state index contributed by atoms with van der Waals surface area (Å²) in [6.45, 7) is 1.48. The molecule has 0 bridgehead atoms. The summed E-state index contributed by atoms with van der Waals surface area (Å²) in [5.41, 5.74) is 5.11. The van der Waals surface area contributed by atoms with Gasteiger partial charge in [0.05, 0.1) is 5.39 Å². The van der Waals surface area contributed by atoms with Gasteiger partial charge < -0.3 is 35.5 Å². The molecule has 0 spiro atoms. The van der Waals surface area contributed by atoms with E-state index < -0.39 is 30.1 Å². The molecule has 27 heavy (non-hydrogen) atoms. The van der Waals surface area contributed by atoms with E-state index in [1.807, 2.05) is 0 Å². The van der Waals surface area contributed by atoms with Crippen molar-refractivity contribution in [2.24, 2.45) is 0 Å². The highest BCUT2D eigenvalue weighted by molar-refractivity contribution is 5.86. The first-order valence-corrected chi connectivity index (χ1v) is 8.41. The van der Waals surface area contributed by atoms with Gasteiger partial charge in [0.2, 0.25) is 0 Å². The van der Waals surface area contributed by atoms with E-state index in [0.717, 1.165) is 0 Å². The van der Waals surface area contributed by atoms with Gasteiger partial charge in [-0.2, -0.15) is 0 Å². The number of nitrogens with two attached hydrogens (primary N) is 1. The molecular weight excluding hydrogens is 352 g/mol. The van der Waals surface area contributed by atoms with Crippen molar-refractivity contribution in [1.82, 2.24) is 14.5 Å². The maximum atomic E-state index is 11.0. The van der Waals surface area contributed by atoms with E-state index in [4.69, 9.17) is 10.5 Å². The summed E-state index contributed by atoms with van der Waals surface area (Å²) >= 11 is 0. The van der Waals surface area contributed by atoms with Gasteiger partial charge >= 0.3 is 0 Å². The molecule has 1 aliphatic heterocycles. The van der Waals surface area contributed by atoms with Crippen LogP contribution in [0.3, 0.4) is 0 Å². The predicted octanol–water partition coefficient (Wildman–Crippen LogP) is 0.246. The summed E-state index contributed by atoms with van der Waals surface area (Å²) in [5.74, 6) is 0.343. The molecule has 2 aromatic heterocycles. The van der Waals surface area contributed by atoms with Gasteiger partial charge in [0.15, 0.2) is 6.23 Å². The van der Waals surface area contributed by atoms with Crippen LogP contribution in [-0.2, 0) is 10.3 Å². The third kappa shape index (κ3) is 2.72. The van der Waals surface area contributed by atoms with Crippen molar-refractivity contribution < 1.29 is 25.2 Å². The van der Waals surface area contributed by atoms with E-state index in [0.29, 0.717) is 22.4 Å². The number of phenolic OH excluding ortho intramolecular Hbond substituents is 1. The maximum absolute atomic E-state index is 11.0. The van der Waals surface area contributed by atoms with Crippen molar-refractivity contribution in [3.05, 3.63) is 48.4 Å². The summed E-state index contributed by atoms with van der Waals surface area (Å²) in [6.07, 6.45) is -1.80. The minimum atomic E-state index is -1.61. The number of nitrogens with zero attached hydrogens (tertiary/aromatic N) is 3. The van der Waals surface area contributed by atoms with E-state index >= 15 is 0 Å². The topological polar surface area (TPSA) is 147 Å². The second kappa shape index (κ2) is 6.17. The van der Waals surface area contributed by atoms with Gasteiger partial charge in [-0.15, -0.1) is 0 Å². The van der Waals surface area contributed by atoms with Crippen molar-refractivity contribution in [3.63, 3.8) is 0 Å². The quantitative estimate of drug-likeness (QED) is 0.439. The Morgan fingerprint density at radius 3 is 2.52 bits per heavy atom. The average Bonchev–Trinajstić information content (AvgIpc) is 3.19. The van der Waals surface area contributed by atoms with E-state index in [1.165, 1.54) is 37.5 Å².